The zero-order valence-corrected chi connectivity index (χ0v) is 37.7. The van der Waals surface area contributed by atoms with Gasteiger partial charge in [0.25, 0.3) is 0 Å². The van der Waals surface area contributed by atoms with Crippen LogP contribution in [0.1, 0.15) is 91.0 Å². The molecule has 334 valence electrons. The van der Waals surface area contributed by atoms with Crippen LogP contribution in [0.5, 0.6) is 0 Å². The summed E-state index contributed by atoms with van der Waals surface area (Å²) in [6.07, 6.45) is 6.10. The van der Waals surface area contributed by atoms with Gasteiger partial charge in [0.1, 0.15) is 24.4 Å². The van der Waals surface area contributed by atoms with Gasteiger partial charge in [0.15, 0.2) is 18.4 Å². The summed E-state index contributed by atoms with van der Waals surface area (Å²) < 4.78 is 50.7. The maximum Gasteiger partial charge on any atom is 0.306 e. The van der Waals surface area contributed by atoms with Gasteiger partial charge in [-0.25, -0.2) is 0 Å². The van der Waals surface area contributed by atoms with Gasteiger partial charge in [-0.15, -0.1) is 0 Å². The Hall–Kier alpha value is -2.42. The first-order chi connectivity index (χ1) is 28.9. The van der Waals surface area contributed by atoms with Gasteiger partial charge < -0.3 is 47.7 Å². The third kappa shape index (κ3) is 8.26. The van der Waals surface area contributed by atoms with Crippen LogP contribution in [0.25, 0.3) is 0 Å². The van der Waals surface area contributed by atoms with E-state index in [2.05, 4.69) is 75.0 Å². The highest BCUT2D eigenvalue weighted by molar-refractivity contribution is 5.99. The molecule has 2 saturated carbocycles. The Labute approximate surface area is 358 Å². The second-order valence-electron chi connectivity index (χ2n) is 19.3. The Morgan fingerprint density at radius 3 is 2.25 bits per heavy atom. The summed E-state index contributed by atoms with van der Waals surface area (Å²) in [6, 6.07) is 9.41. The zero-order valence-electron chi connectivity index (χ0n) is 37.7. The third-order valence-electron chi connectivity index (χ3n) is 15.8. The first-order valence-corrected chi connectivity index (χ1v) is 23.0. The monoisotopic (exact) mass is 837 g/mol. The number of rotatable bonds is 10. The van der Waals surface area contributed by atoms with E-state index in [4.69, 9.17) is 37.9 Å². The van der Waals surface area contributed by atoms with Gasteiger partial charge in [0.05, 0.1) is 42.9 Å². The average molecular weight is 837 g/mol. The van der Waals surface area contributed by atoms with E-state index in [0.29, 0.717) is 18.4 Å². The molecule has 12 nitrogen and oxygen atoms in total. The predicted molar refractivity (Wildman–Crippen MR) is 226 cm³/mol. The van der Waals surface area contributed by atoms with Crippen LogP contribution in [0, 0.1) is 42.4 Å². The fourth-order valence-corrected chi connectivity index (χ4v) is 12.8. The molecule has 12 heteroatoms. The number of hydrogen-bond donors (Lipinski definition) is 0. The number of para-hydroxylation sites is 1. The quantitative estimate of drug-likeness (QED) is 0.190. The molecule has 0 radical (unpaired) electrons. The average Bonchev–Trinajstić information content (AvgIpc) is 3.61. The summed E-state index contributed by atoms with van der Waals surface area (Å²) in [5.74, 6) is 0.0439. The predicted octanol–water partition coefficient (Wildman–Crippen LogP) is 6.50. The number of allylic oxidation sites excluding steroid dienone is 2. The van der Waals surface area contributed by atoms with E-state index >= 15 is 4.79 Å². The van der Waals surface area contributed by atoms with Crippen LogP contribution in [0.3, 0.4) is 0 Å². The number of hydrogen-bond acceptors (Lipinski definition) is 12. The molecule has 8 rings (SSSR count). The summed E-state index contributed by atoms with van der Waals surface area (Å²) in [7, 11) is 9.22. The Morgan fingerprint density at radius 2 is 1.57 bits per heavy atom. The molecular weight excluding hydrogens is 765 g/mol. The maximum absolute atomic E-state index is 15.2. The summed E-state index contributed by atoms with van der Waals surface area (Å²) in [5, 5.41) is 0. The SMILES string of the molecule is CC[C@H]1CCC[C@H](O[C@H]2CC[C@H](N(C)C)C(C)O2)[C@@H](C)C(=O)C2=C[C@H]3[C@@H]4C[C@H](O[C@@H]5OC(C)[C@H](OC)C(OC)[C@@H]5OC)C[C@H]4[C@H]4[C@@H]([C@H]3[C@@H]2CC(=O)O1)N4c1ccccc1C. The number of ether oxygens (including phenoxy) is 8. The van der Waals surface area contributed by atoms with Crippen molar-refractivity contribution in [1.82, 2.24) is 4.90 Å². The lowest BCUT2D eigenvalue weighted by atomic mass is 9.66. The van der Waals surface area contributed by atoms with Crippen LogP contribution in [0.15, 0.2) is 35.9 Å². The van der Waals surface area contributed by atoms with Crippen molar-refractivity contribution in [3.8, 4) is 0 Å². The molecule has 4 heterocycles. The van der Waals surface area contributed by atoms with E-state index in [0.717, 1.165) is 50.5 Å². The molecule has 3 unspecified atom stereocenters. The number of carbonyl (C=O) groups is 2. The zero-order chi connectivity index (χ0) is 42.6. The Morgan fingerprint density at radius 1 is 0.833 bits per heavy atom. The largest absolute Gasteiger partial charge is 0.462 e. The van der Waals surface area contributed by atoms with Crippen LogP contribution < -0.4 is 4.90 Å². The summed E-state index contributed by atoms with van der Waals surface area (Å²) in [4.78, 5) is 34.1. The van der Waals surface area contributed by atoms with Crippen molar-refractivity contribution in [2.45, 2.75) is 172 Å². The minimum Gasteiger partial charge on any atom is -0.462 e. The Kier molecular flexibility index (Phi) is 13.5. The van der Waals surface area contributed by atoms with Gasteiger partial charge in [-0.3, -0.25) is 9.59 Å². The first kappa shape index (κ1) is 44.2. The molecule has 0 bridgehead atoms. The van der Waals surface area contributed by atoms with Gasteiger partial charge in [0.2, 0.25) is 0 Å². The number of cyclic esters (lactones) is 1. The van der Waals surface area contributed by atoms with Crippen LogP contribution in [0.2, 0.25) is 0 Å². The number of ketones is 1. The lowest BCUT2D eigenvalue weighted by Gasteiger charge is -2.44. The van der Waals surface area contributed by atoms with Gasteiger partial charge in [-0.2, -0.15) is 0 Å². The smallest absolute Gasteiger partial charge is 0.306 e. The number of likely N-dealkylation sites (N-methyl/N-ethyl adjacent to an activating group) is 1. The maximum atomic E-state index is 15.2. The second-order valence-corrected chi connectivity index (χ2v) is 19.3. The van der Waals surface area contributed by atoms with E-state index in [1.807, 2.05) is 13.8 Å². The molecular formula is C48H72N2O10. The summed E-state index contributed by atoms with van der Waals surface area (Å²) >= 11 is 0. The number of Topliss-reactive ketones (excluding diaryl/α,β-unsaturated/α-hetero) is 1. The molecule has 0 N–H and O–H groups in total. The number of aryl methyl sites for hydroxylation is 1. The van der Waals surface area contributed by atoms with Gasteiger partial charge in [0, 0.05) is 44.9 Å². The standard InChI is InChI=1S/C48H72N2O10/c1-11-29-16-14-18-38(60-40-20-19-37(49(6)7)27(4)56-40)26(3)44(52)35-23-32-31-21-30(59-48-47(55-10)46(54-9)45(53-8)28(5)57-48)22-34(31)42-43(41(32)33(35)24-39(51)58-29)50(42)36-17-13-12-15-25(36)2/h12-13,15,17,23,26-34,37-38,40-43,45-48H,11,14,16,18-22,24H2,1-10H3/t26-,27?,28?,29+,30+,31+,32+,33-,34-,37+,38+,40+,41-,42+,43-,45+,46?,47+,48+,50?/m1/s1. The highest BCUT2D eigenvalue weighted by Crippen LogP contribution is 2.65. The van der Waals surface area contributed by atoms with E-state index < -0.39 is 12.4 Å². The van der Waals surface area contributed by atoms with Crippen LogP contribution in [-0.2, 0) is 47.5 Å². The van der Waals surface area contributed by atoms with Crippen LogP contribution >= 0.6 is 0 Å². The Balaban J connectivity index is 1.11. The normalized spacial score (nSPS) is 44.5. The van der Waals surface area contributed by atoms with Crippen molar-refractivity contribution in [2.75, 3.05) is 40.3 Å². The first-order valence-electron chi connectivity index (χ1n) is 23.0. The molecule has 0 spiro atoms. The highest BCUT2D eigenvalue weighted by Gasteiger charge is 2.69. The number of benzene rings is 1. The molecule has 3 aliphatic carbocycles. The Bertz CT molecular complexity index is 1710. The second kappa shape index (κ2) is 18.4. The number of methoxy groups -OCH3 is 3. The van der Waals surface area contributed by atoms with Gasteiger partial charge in [-0.1, -0.05) is 38.1 Å². The van der Waals surface area contributed by atoms with E-state index in [1.54, 1.807) is 21.3 Å². The molecule has 1 aromatic carbocycles. The highest BCUT2D eigenvalue weighted by atomic mass is 16.7. The van der Waals surface area contributed by atoms with Crippen molar-refractivity contribution in [3.63, 3.8) is 0 Å². The molecule has 19 atom stereocenters. The molecule has 0 amide bonds. The van der Waals surface area contributed by atoms with Crippen molar-refractivity contribution in [2.24, 2.45) is 35.5 Å². The third-order valence-corrected chi connectivity index (χ3v) is 15.8. The number of carbonyl (C=O) groups excluding carboxylic acids is 2. The number of esters is 1. The number of anilines is 1. The summed E-state index contributed by atoms with van der Waals surface area (Å²) in [5.41, 5.74) is 3.25. The lowest BCUT2D eigenvalue weighted by Crippen LogP contribution is -2.59. The molecule has 1 aromatic rings. The van der Waals surface area contributed by atoms with Gasteiger partial charge in [-0.05, 0) is 127 Å². The number of nitrogens with zero attached hydrogens (tertiary/aromatic N) is 2. The van der Waals surface area contributed by atoms with Crippen molar-refractivity contribution in [3.05, 3.63) is 41.5 Å². The van der Waals surface area contributed by atoms with Crippen molar-refractivity contribution < 1.29 is 47.5 Å². The fourth-order valence-electron chi connectivity index (χ4n) is 12.8. The van der Waals surface area contributed by atoms with E-state index in [9.17, 15) is 4.79 Å². The summed E-state index contributed by atoms with van der Waals surface area (Å²) in [6.45, 7) is 10.4. The number of fused-ring (bicyclic) bond motifs is 8. The molecule has 0 aromatic heterocycles. The van der Waals surface area contributed by atoms with Crippen molar-refractivity contribution >= 4 is 17.4 Å². The van der Waals surface area contributed by atoms with Crippen molar-refractivity contribution in [1.29, 1.82) is 0 Å². The molecule has 60 heavy (non-hydrogen) atoms. The van der Waals surface area contributed by atoms with E-state index in [1.165, 1.54) is 11.3 Å². The van der Waals surface area contributed by atoms with Gasteiger partial charge >= 0.3 is 5.97 Å². The molecule has 4 aliphatic heterocycles. The lowest BCUT2D eigenvalue weighted by molar-refractivity contribution is -0.314. The minimum absolute atomic E-state index is 0.0249. The van der Waals surface area contributed by atoms with Crippen LogP contribution in [0.4, 0.5) is 5.69 Å². The molecule has 7 aliphatic rings. The van der Waals surface area contributed by atoms with E-state index in [-0.39, 0.29) is 109 Å². The fraction of sp³-hybridized carbons (Fsp3) is 0.792. The topological polar surface area (TPSA) is 114 Å². The molecule has 6 fully saturated rings. The van der Waals surface area contributed by atoms with Crippen LogP contribution in [-0.4, -0.2) is 132 Å². The molecule has 4 saturated heterocycles. The minimum atomic E-state index is -0.618.